The Bertz CT molecular complexity index is 492. The predicted molar refractivity (Wildman–Crippen MR) is 71.5 cm³/mol. The molecule has 1 unspecified atom stereocenters. The molecule has 0 radical (unpaired) electrons. The summed E-state index contributed by atoms with van der Waals surface area (Å²) in [5.41, 5.74) is -0.193. The van der Waals surface area contributed by atoms with E-state index in [0.717, 1.165) is 12.8 Å². The van der Waals surface area contributed by atoms with Crippen LogP contribution < -0.4 is 0 Å². The van der Waals surface area contributed by atoms with Crippen molar-refractivity contribution in [2.45, 2.75) is 45.3 Å². The van der Waals surface area contributed by atoms with Crippen molar-refractivity contribution in [2.24, 2.45) is 0 Å². The molecule has 1 amide bonds. The Balaban J connectivity index is 2.01. The van der Waals surface area contributed by atoms with Gasteiger partial charge in [0, 0.05) is 13.1 Å². The van der Waals surface area contributed by atoms with Crippen molar-refractivity contribution in [2.75, 3.05) is 13.1 Å². The summed E-state index contributed by atoms with van der Waals surface area (Å²) in [5, 5.41) is 7.69. The van der Waals surface area contributed by atoms with Gasteiger partial charge in [-0.3, -0.25) is 4.79 Å². The summed E-state index contributed by atoms with van der Waals surface area (Å²) < 4.78 is 7.03. The van der Waals surface area contributed by atoms with Gasteiger partial charge >= 0.3 is 6.09 Å². The van der Waals surface area contributed by atoms with Gasteiger partial charge in [0.1, 0.15) is 11.3 Å². The first-order chi connectivity index (χ1) is 9.39. The van der Waals surface area contributed by atoms with Crippen molar-refractivity contribution in [3.8, 4) is 0 Å². The zero-order chi connectivity index (χ0) is 14.8. The fourth-order valence-corrected chi connectivity index (χ4v) is 2.19. The number of aldehydes is 1. The fourth-order valence-electron chi connectivity index (χ4n) is 2.19. The van der Waals surface area contributed by atoms with Crippen molar-refractivity contribution in [1.82, 2.24) is 19.9 Å². The Morgan fingerprint density at radius 2 is 2.25 bits per heavy atom. The number of nitrogens with zero attached hydrogens (tertiary/aromatic N) is 4. The molecule has 0 aliphatic carbocycles. The highest BCUT2D eigenvalue weighted by Gasteiger charge is 2.28. The summed E-state index contributed by atoms with van der Waals surface area (Å²) in [6, 6.07) is 0.0393. The largest absolute Gasteiger partial charge is 0.444 e. The second kappa shape index (κ2) is 5.60. The molecule has 7 heteroatoms. The van der Waals surface area contributed by atoms with Crippen LogP contribution in [0.1, 0.15) is 50.1 Å². The Morgan fingerprint density at radius 3 is 2.85 bits per heavy atom. The van der Waals surface area contributed by atoms with Gasteiger partial charge in [-0.15, -0.1) is 5.10 Å². The first-order valence-electron chi connectivity index (χ1n) is 6.74. The van der Waals surface area contributed by atoms with Crippen LogP contribution in [0.5, 0.6) is 0 Å². The zero-order valence-corrected chi connectivity index (χ0v) is 12.1. The molecule has 0 aromatic carbocycles. The van der Waals surface area contributed by atoms with Gasteiger partial charge < -0.3 is 9.64 Å². The van der Waals surface area contributed by atoms with Gasteiger partial charge in [-0.1, -0.05) is 5.21 Å². The monoisotopic (exact) mass is 280 g/mol. The lowest BCUT2D eigenvalue weighted by molar-refractivity contribution is 0.0166. The molecule has 20 heavy (non-hydrogen) atoms. The van der Waals surface area contributed by atoms with E-state index in [4.69, 9.17) is 4.74 Å². The Hall–Kier alpha value is -1.92. The number of amides is 1. The molecule has 0 spiro atoms. The molecule has 2 rings (SSSR count). The van der Waals surface area contributed by atoms with Gasteiger partial charge in [-0.05, 0) is 33.6 Å². The van der Waals surface area contributed by atoms with Crippen molar-refractivity contribution < 1.29 is 14.3 Å². The molecular weight excluding hydrogens is 260 g/mol. The minimum Gasteiger partial charge on any atom is -0.444 e. The molecule has 0 N–H and O–H groups in total. The smallest absolute Gasteiger partial charge is 0.410 e. The Kier molecular flexibility index (Phi) is 4.06. The molecule has 1 aromatic heterocycles. The summed E-state index contributed by atoms with van der Waals surface area (Å²) in [7, 11) is 0. The third-order valence-corrected chi connectivity index (χ3v) is 3.07. The van der Waals surface area contributed by atoms with Crippen molar-refractivity contribution in [3.05, 3.63) is 11.9 Å². The average Bonchev–Trinajstić information content (AvgIpc) is 2.85. The number of carbonyl (C=O) groups excluding carboxylic acids is 2. The maximum absolute atomic E-state index is 12.1. The van der Waals surface area contributed by atoms with E-state index in [0.29, 0.717) is 25.1 Å². The van der Waals surface area contributed by atoms with E-state index < -0.39 is 5.60 Å². The van der Waals surface area contributed by atoms with Crippen LogP contribution >= 0.6 is 0 Å². The molecular formula is C13H20N4O3. The quantitative estimate of drug-likeness (QED) is 0.770. The molecule has 7 nitrogen and oxygen atoms in total. The molecule has 1 aliphatic heterocycles. The first kappa shape index (κ1) is 14.5. The van der Waals surface area contributed by atoms with Crippen LogP contribution in [0.2, 0.25) is 0 Å². The molecule has 1 aliphatic rings. The van der Waals surface area contributed by atoms with Gasteiger partial charge in [0.05, 0.1) is 12.2 Å². The molecule has 1 saturated heterocycles. The standard InChI is InChI=1S/C13H20N4O3/c1-13(2,3)20-12(19)16-6-4-5-11(8-16)17-7-10(9-18)14-15-17/h7,9,11H,4-6,8H2,1-3H3. The van der Waals surface area contributed by atoms with Crippen LogP contribution in [0, 0.1) is 0 Å². The van der Waals surface area contributed by atoms with E-state index in [-0.39, 0.29) is 12.1 Å². The maximum atomic E-state index is 12.1. The van der Waals surface area contributed by atoms with Crippen LogP contribution in [-0.2, 0) is 4.74 Å². The van der Waals surface area contributed by atoms with Gasteiger partial charge in [0.2, 0.25) is 0 Å². The lowest BCUT2D eigenvalue weighted by atomic mass is 10.1. The van der Waals surface area contributed by atoms with E-state index in [1.54, 1.807) is 15.8 Å². The highest BCUT2D eigenvalue weighted by molar-refractivity contribution is 5.70. The summed E-state index contributed by atoms with van der Waals surface area (Å²) in [6.45, 7) is 6.75. The van der Waals surface area contributed by atoms with E-state index in [2.05, 4.69) is 10.3 Å². The number of rotatable bonds is 2. The third-order valence-electron chi connectivity index (χ3n) is 3.07. The molecule has 0 saturated carbocycles. The third kappa shape index (κ3) is 3.55. The van der Waals surface area contributed by atoms with Gasteiger partial charge in [-0.2, -0.15) is 0 Å². The van der Waals surface area contributed by atoms with Crippen LogP contribution in [0.15, 0.2) is 6.20 Å². The Labute approximate surface area is 117 Å². The average molecular weight is 280 g/mol. The van der Waals surface area contributed by atoms with Gasteiger partial charge in [0.15, 0.2) is 6.29 Å². The summed E-state index contributed by atoms with van der Waals surface area (Å²) in [4.78, 5) is 24.4. The predicted octanol–water partition coefficient (Wildman–Crippen LogP) is 1.66. The normalized spacial score (nSPS) is 19.8. The number of carbonyl (C=O) groups is 2. The molecule has 110 valence electrons. The molecule has 1 fully saturated rings. The number of ether oxygens (including phenoxy) is 1. The minimum atomic E-state index is -0.498. The van der Waals surface area contributed by atoms with Crippen LogP contribution in [0.4, 0.5) is 4.79 Å². The summed E-state index contributed by atoms with van der Waals surface area (Å²) >= 11 is 0. The van der Waals surface area contributed by atoms with Gasteiger partial charge in [-0.25, -0.2) is 9.48 Å². The molecule has 1 atom stereocenters. The zero-order valence-electron chi connectivity index (χ0n) is 12.1. The number of piperidine rings is 1. The molecule has 1 aromatic rings. The summed E-state index contributed by atoms with van der Waals surface area (Å²) in [5.74, 6) is 0. The second-order valence-corrected chi connectivity index (χ2v) is 5.96. The fraction of sp³-hybridized carbons (Fsp3) is 0.692. The lowest BCUT2D eigenvalue weighted by Gasteiger charge is -2.33. The topological polar surface area (TPSA) is 77.3 Å². The maximum Gasteiger partial charge on any atom is 0.410 e. The SMILES string of the molecule is CC(C)(C)OC(=O)N1CCCC(n2cc(C=O)nn2)C1. The highest BCUT2D eigenvalue weighted by atomic mass is 16.6. The Morgan fingerprint density at radius 1 is 1.50 bits per heavy atom. The number of likely N-dealkylation sites (tertiary alicyclic amines) is 1. The van der Waals surface area contributed by atoms with E-state index in [9.17, 15) is 9.59 Å². The van der Waals surface area contributed by atoms with Crippen LogP contribution in [-0.4, -0.2) is 51.0 Å². The minimum absolute atomic E-state index is 0.0393. The van der Waals surface area contributed by atoms with E-state index in [1.807, 2.05) is 20.8 Å². The molecule has 0 bridgehead atoms. The molecule has 2 heterocycles. The number of aromatic nitrogens is 3. The highest BCUT2D eigenvalue weighted by Crippen LogP contribution is 2.22. The lowest BCUT2D eigenvalue weighted by Crippen LogP contribution is -2.43. The first-order valence-corrected chi connectivity index (χ1v) is 6.74. The number of hydrogen-bond donors (Lipinski definition) is 0. The van der Waals surface area contributed by atoms with Crippen molar-refractivity contribution in [1.29, 1.82) is 0 Å². The van der Waals surface area contributed by atoms with E-state index in [1.165, 1.54) is 0 Å². The van der Waals surface area contributed by atoms with E-state index >= 15 is 0 Å². The second-order valence-electron chi connectivity index (χ2n) is 5.96. The van der Waals surface area contributed by atoms with Crippen LogP contribution in [0.3, 0.4) is 0 Å². The summed E-state index contributed by atoms with van der Waals surface area (Å²) in [6.07, 6.45) is 3.74. The van der Waals surface area contributed by atoms with Crippen LogP contribution in [0.25, 0.3) is 0 Å². The van der Waals surface area contributed by atoms with Crippen molar-refractivity contribution in [3.63, 3.8) is 0 Å². The number of hydrogen-bond acceptors (Lipinski definition) is 5. The van der Waals surface area contributed by atoms with Crippen molar-refractivity contribution >= 4 is 12.4 Å². The van der Waals surface area contributed by atoms with Gasteiger partial charge in [0.25, 0.3) is 0 Å².